The Morgan fingerprint density at radius 3 is 2.55 bits per heavy atom. The number of methoxy groups -OCH3 is 2. The van der Waals surface area contributed by atoms with E-state index in [0.29, 0.717) is 6.54 Å². The van der Waals surface area contributed by atoms with Gasteiger partial charge in [-0.25, -0.2) is 0 Å². The first-order valence-corrected chi connectivity index (χ1v) is 6.96. The van der Waals surface area contributed by atoms with Crippen LogP contribution in [0.1, 0.15) is 11.1 Å². The molecule has 0 bridgehead atoms. The molecule has 1 aliphatic heterocycles. The number of benzene rings is 1. The van der Waals surface area contributed by atoms with Crippen LogP contribution in [-0.2, 0) is 6.54 Å². The van der Waals surface area contributed by atoms with E-state index in [-0.39, 0.29) is 12.0 Å². The Labute approximate surface area is 120 Å². The largest absolute Gasteiger partial charge is 0.493 e. The Morgan fingerprint density at radius 2 is 1.95 bits per heavy atom. The molecular weight excluding hydrogens is 256 g/mol. The van der Waals surface area contributed by atoms with Gasteiger partial charge < -0.3 is 25.2 Å². The highest BCUT2D eigenvalue weighted by molar-refractivity contribution is 5.46. The second kappa shape index (κ2) is 6.92. The normalized spacial score (nSPS) is 22.0. The summed E-state index contributed by atoms with van der Waals surface area (Å²) in [5.74, 6) is 1.79. The number of rotatable bonds is 6. The van der Waals surface area contributed by atoms with E-state index in [0.717, 1.165) is 31.1 Å². The topological polar surface area (TPSA) is 62.8 Å². The highest BCUT2D eigenvalue weighted by atomic mass is 16.5. The molecule has 0 saturated carbocycles. The number of ether oxygens (including phenoxy) is 2. The first-order valence-electron chi connectivity index (χ1n) is 6.96. The number of β-amino-alcohol motifs (C(OH)–C–C–N with tert-alkyl or cyclic N) is 1. The van der Waals surface area contributed by atoms with Crippen molar-refractivity contribution < 1.29 is 14.6 Å². The molecule has 0 aliphatic carbocycles. The summed E-state index contributed by atoms with van der Waals surface area (Å²) < 4.78 is 10.6. The van der Waals surface area contributed by atoms with Gasteiger partial charge in [0.1, 0.15) is 0 Å². The van der Waals surface area contributed by atoms with Gasteiger partial charge in [-0.1, -0.05) is 0 Å². The molecule has 5 nitrogen and oxygen atoms in total. The Morgan fingerprint density at radius 1 is 1.25 bits per heavy atom. The summed E-state index contributed by atoms with van der Waals surface area (Å²) in [7, 11) is 3.29. The van der Waals surface area contributed by atoms with E-state index >= 15 is 0 Å². The quantitative estimate of drug-likeness (QED) is 0.715. The molecule has 1 aromatic rings. The van der Waals surface area contributed by atoms with Crippen LogP contribution in [0.5, 0.6) is 11.5 Å². The van der Waals surface area contributed by atoms with Crippen molar-refractivity contribution >= 4 is 0 Å². The van der Waals surface area contributed by atoms with Crippen molar-refractivity contribution in [3.05, 3.63) is 23.3 Å². The monoisotopic (exact) mass is 280 g/mol. The molecule has 1 saturated heterocycles. The number of aliphatic hydroxyl groups excluding tert-OH is 1. The van der Waals surface area contributed by atoms with Crippen LogP contribution < -0.4 is 20.1 Å². The third kappa shape index (κ3) is 3.42. The van der Waals surface area contributed by atoms with Gasteiger partial charge in [-0.2, -0.15) is 0 Å². The lowest BCUT2D eigenvalue weighted by atomic mass is 10.1. The Balaban J connectivity index is 1.95. The van der Waals surface area contributed by atoms with Gasteiger partial charge in [0.05, 0.1) is 20.3 Å². The standard InChI is InChI=1S/C15H24N2O3/c1-10-4-14(19-2)15(20-3)5-11(10)6-16-7-12-8-17-9-13(12)18/h4-5,12-13,16-18H,6-9H2,1-3H3. The second-order valence-electron chi connectivity index (χ2n) is 5.25. The summed E-state index contributed by atoms with van der Waals surface area (Å²) in [6.07, 6.45) is -0.242. The molecule has 1 aliphatic rings. The lowest BCUT2D eigenvalue weighted by Gasteiger charge is -2.16. The molecule has 2 unspecified atom stereocenters. The SMILES string of the molecule is COc1cc(C)c(CNCC2CNCC2O)cc1OC. The lowest BCUT2D eigenvalue weighted by molar-refractivity contribution is 0.146. The van der Waals surface area contributed by atoms with Crippen molar-refractivity contribution in [2.24, 2.45) is 5.92 Å². The molecule has 0 amide bonds. The van der Waals surface area contributed by atoms with E-state index in [4.69, 9.17) is 9.47 Å². The zero-order valence-corrected chi connectivity index (χ0v) is 12.4. The predicted molar refractivity (Wildman–Crippen MR) is 78.4 cm³/mol. The number of aliphatic hydroxyl groups is 1. The van der Waals surface area contributed by atoms with Gasteiger partial charge in [-0.05, 0) is 30.2 Å². The predicted octanol–water partition coefficient (Wildman–Crippen LogP) is 0.682. The molecule has 3 N–H and O–H groups in total. The molecule has 0 spiro atoms. The molecule has 2 atom stereocenters. The first kappa shape index (κ1) is 15.1. The molecule has 0 radical (unpaired) electrons. The number of aryl methyl sites for hydroxylation is 1. The molecule has 2 rings (SSSR count). The molecule has 5 heteroatoms. The van der Waals surface area contributed by atoms with E-state index in [9.17, 15) is 5.11 Å². The van der Waals surface area contributed by atoms with E-state index < -0.39 is 0 Å². The summed E-state index contributed by atoms with van der Waals surface area (Å²) in [4.78, 5) is 0. The molecule has 0 aromatic heterocycles. The third-order valence-electron chi connectivity index (χ3n) is 3.87. The van der Waals surface area contributed by atoms with E-state index in [2.05, 4.69) is 17.6 Å². The lowest BCUT2D eigenvalue weighted by Crippen LogP contribution is -2.30. The molecule has 20 heavy (non-hydrogen) atoms. The maximum absolute atomic E-state index is 9.75. The van der Waals surface area contributed by atoms with Gasteiger partial charge >= 0.3 is 0 Å². The third-order valence-corrected chi connectivity index (χ3v) is 3.87. The summed E-state index contributed by atoms with van der Waals surface area (Å²) >= 11 is 0. The molecular formula is C15H24N2O3. The maximum atomic E-state index is 9.75. The van der Waals surface area contributed by atoms with Crippen molar-refractivity contribution in [3.63, 3.8) is 0 Å². The van der Waals surface area contributed by atoms with Crippen LogP contribution in [0.25, 0.3) is 0 Å². The smallest absolute Gasteiger partial charge is 0.161 e. The zero-order valence-electron chi connectivity index (χ0n) is 12.4. The number of hydrogen-bond acceptors (Lipinski definition) is 5. The Bertz CT molecular complexity index is 451. The summed E-state index contributed by atoms with van der Waals surface area (Å²) in [6.45, 7) is 5.20. The minimum Gasteiger partial charge on any atom is -0.493 e. The maximum Gasteiger partial charge on any atom is 0.161 e. The van der Waals surface area contributed by atoms with Crippen LogP contribution in [0, 0.1) is 12.8 Å². The Kier molecular flexibility index (Phi) is 5.23. The summed E-state index contributed by atoms with van der Waals surface area (Å²) in [6, 6.07) is 3.99. The van der Waals surface area contributed by atoms with Crippen molar-refractivity contribution in [2.75, 3.05) is 33.9 Å². The van der Waals surface area contributed by atoms with Gasteiger partial charge in [0.15, 0.2) is 11.5 Å². The summed E-state index contributed by atoms with van der Waals surface area (Å²) in [5.41, 5.74) is 2.35. The van der Waals surface area contributed by atoms with Crippen molar-refractivity contribution in [1.82, 2.24) is 10.6 Å². The Hall–Kier alpha value is -1.30. The minimum atomic E-state index is -0.242. The average molecular weight is 280 g/mol. The fourth-order valence-electron chi connectivity index (χ4n) is 2.53. The first-order chi connectivity index (χ1) is 9.65. The zero-order chi connectivity index (χ0) is 14.5. The van der Waals surface area contributed by atoms with E-state index in [1.807, 2.05) is 12.1 Å². The van der Waals surface area contributed by atoms with Crippen molar-refractivity contribution in [2.45, 2.75) is 19.6 Å². The average Bonchev–Trinajstić information content (AvgIpc) is 2.85. The molecule has 1 heterocycles. The molecule has 1 aromatic carbocycles. The van der Waals surface area contributed by atoms with Crippen LogP contribution in [0.2, 0.25) is 0 Å². The van der Waals surface area contributed by atoms with Crippen molar-refractivity contribution in [1.29, 1.82) is 0 Å². The van der Waals surface area contributed by atoms with Crippen LogP contribution >= 0.6 is 0 Å². The van der Waals surface area contributed by atoms with Crippen LogP contribution in [-0.4, -0.2) is 45.1 Å². The number of nitrogens with one attached hydrogen (secondary N) is 2. The molecule has 1 fully saturated rings. The summed E-state index contributed by atoms with van der Waals surface area (Å²) in [5, 5.41) is 16.3. The van der Waals surface area contributed by atoms with Gasteiger partial charge in [-0.3, -0.25) is 0 Å². The van der Waals surface area contributed by atoms with Crippen LogP contribution in [0.15, 0.2) is 12.1 Å². The highest BCUT2D eigenvalue weighted by Crippen LogP contribution is 2.30. The minimum absolute atomic E-state index is 0.242. The molecule has 112 valence electrons. The highest BCUT2D eigenvalue weighted by Gasteiger charge is 2.24. The van der Waals surface area contributed by atoms with Gasteiger partial charge in [0.25, 0.3) is 0 Å². The fraction of sp³-hybridized carbons (Fsp3) is 0.600. The van der Waals surface area contributed by atoms with Crippen LogP contribution in [0.3, 0.4) is 0 Å². The fourth-order valence-corrected chi connectivity index (χ4v) is 2.53. The van der Waals surface area contributed by atoms with Crippen LogP contribution in [0.4, 0.5) is 0 Å². The van der Waals surface area contributed by atoms with Gasteiger partial charge in [-0.15, -0.1) is 0 Å². The van der Waals surface area contributed by atoms with Crippen molar-refractivity contribution in [3.8, 4) is 11.5 Å². The second-order valence-corrected chi connectivity index (χ2v) is 5.25. The van der Waals surface area contributed by atoms with Gasteiger partial charge in [0, 0.05) is 32.1 Å². The van der Waals surface area contributed by atoms with E-state index in [1.165, 1.54) is 11.1 Å². The van der Waals surface area contributed by atoms with E-state index in [1.54, 1.807) is 14.2 Å². The number of hydrogen-bond donors (Lipinski definition) is 3. The van der Waals surface area contributed by atoms with Gasteiger partial charge in [0.2, 0.25) is 0 Å².